The van der Waals surface area contributed by atoms with Gasteiger partial charge in [0.1, 0.15) is 0 Å². The Morgan fingerprint density at radius 3 is 2.80 bits per heavy atom. The fraction of sp³-hybridized carbons (Fsp3) is 0.364. The Morgan fingerprint density at radius 1 is 1.53 bits per heavy atom. The summed E-state index contributed by atoms with van der Waals surface area (Å²) in [5.74, 6) is -0.756. The third kappa shape index (κ3) is 3.84. The van der Waals surface area contributed by atoms with E-state index in [1.807, 2.05) is 19.1 Å². The van der Waals surface area contributed by atoms with Gasteiger partial charge in [-0.25, -0.2) is 0 Å². The summed E-state index contributed by atoms with van der Waals surface area (Å²) in [6, 6.07) is 3.83. The van der Waals surface area contributed by atoms with Crippen LogP contribution in [-0.2, 0) is 11.2 Å². The Morgan fingerprint density at radius 2 is 2.20 bits per heavy atom. The molecular weight excluding hydrogens is 279 g/mol. The zero-order chi connectivity index (χ0) is 11.4. The van der Waals surface area contributed by atoms with Crippen LogP contribution >= 0.6 is 27.5 Å². The van der Waals surface area contributed by atoms with Crippen molar-refractivity contribution in [2.24, 2.45) is 0 Å². The van der Waals surface area contributed by atoms with Crippen molar-refractivity contribution in [2.75, 3.05) is 0 Å². The second kappa shape index (κ2) is 5.52. The van der Waals surface area contributed by atoms with E-state index in [1.54, 1.807) is 0 Å². The van der Waals surface area contributed by atoms with Gasteiger partial charge in [-0.1, -0.05) is 27.5 Å². The summed E-state index contributed by atoms with van der Waals surface area (Å²) in [6.07, 6.45) is 1.59. The van der Waals surface area contributed by atoms with Crippen molar-refractivity contribution >= 4 is 33.5 Å². The van der Waals surface area contributed by atoms with Gasteiger partial charge in [0.2, 0.25) is 0 Å². The second-order valence-electron chi connectivity index (χ2n) is 3.42. The number of rotatable bonds is 4. The highest BCUT2D eigenvalue weighted by Gasteiger charge is 2.05. The third-order valence-corrected chi connectivity index (χ3v) is 3.10. The minimum Gasteiger partial charge on any atom is -0.481 e. The predicted molar refractivity (Wildman–Crippen MR) is 64.5 cm³/mol. The Hall–Kier alpha value is -0.540. The molecule has 0 aliphatic carbocycles. The first kappa shape index (κ1) is 12.5. The molecule has 0 saturated carbocycles. The quantitative estimate of drug-likeness (QED) is 0.915. The molecule has 0 aromatic heterocycles. The van der Waals surface area contributed by atoms with Gasteiger partial charge in [-0.2, -0.15) is 0 Å². The molecule has 4 heteroatoms. The molecule has 0 saturated heterocycles. The van der Waals surface area contributed by atoms with Crippen LogP contribution in [0.2, 0.25) is 5.02 Å². The Balaban J connectivity index is 2.72. The first-order valence-electron chi connectivity index (χ1n) is 4.67. The average molecular weight is 292 g/mol. The summed E-state index contributed by atoms with van der Waals surface area (Å²) >= 11 is 9.38. The van der Waals surface area contributed by atoms with E-state index >= 15 is 0 Å². The van der Waals surface area contributed by atoms with Crippen LogP contribution in [0.1, 0.15) is 24.0 Å². The summed E-state index contributed by atoms with van der Waals surface area (Å²) in [7, 11) is 0. The molecule has 82 valence electrons. The fourth-order valence-corrected chi connectivity index (χ4v) is 2.26. The van der Waals surface area contributed by atoms with Crippen molar-refractivity contribution in [3.05, 3.63) is 32.8 Å². The van der Waals surface area contributed by atoms with Crippen LogP contribution in [0, 0.1) is 6.92 Å². The number of benzene rings is 1. The van der Waals surface area contributed by atoms with E-state index in [4.69, 9.17) is 16.7 Å². The van der Waals surface area contributed by atoms with Crippen molar-refractivity contribution in [3.8, 4) is 0 Å². The number of carboxylic acid groups (broad SMARTS) is 1. The van der Waals surface area contributed by atoms with Gasteiger partial charge >= 0.3 is 5.97 Å². The van der Waals surface area contributed by atoms with Crippen molar-refractivity contribution in [3.63, 3.8) is 0 Å². The smallest absolute Gasteiger partial charge is 0.303 e. The number of halogens is 2. The molecule has 0 amide bonds. The highest BCUT2D eigenvalue weighted by atomic mass is 79.9. The van der Waals surface area contributed by atoms with E-state index < -0.39 is 5.97 Å². The van der Waals surface area contributed by atoms with Gasteiger partial charge < -0.3 is 5.11 Å². The molecule has 0 bridgehead atoms. The molecule has 0 fully saturated rings. The number of hydrogen-bond acceptors (Lipinski definition) is 1. The maximum absolute atomic E-state index is 10.4. The molecule has 15 heavy (non-hydrogen) atoms. The standard InChI is InChI=1S/C11H12BrClO2/c1-7-8(3-2-4-11(14)15)5-9(12)6-10(7)13/h5-6H,2-4H2,1H3,(H,14,15). The third-order valence-electron chi connectivity index (χ3n) is 2.25. The van der Waals surface area contributed by atoms with Gasteiger partial charge in [0.15, 0.2) is 0 Å². The molecule has 0 atom stereocenters. The van der Waals surface area contributed by atoms with E-state index in [2.05, 4.69) is 15.9 Å². The number of carbonyl (C=O) groups is 1. The maximum Gasteiger partial charge on any atom is 0.303 e. The maximum atomic E-state index is 10.4. The molecule has 0 aliphatic rings. The van der Waals surface area contributed by atoms with Crippen molar-refractivity contribution in [2.45, 2.75) is 26.2 Å². The lowest BCUT2D eigenvalue weighted by Crippen LogP contribution is -1.97. The molecule has 2 nitrogen and oxygen atoms in total. The van der Waals surface area contributed by atoms with Gasteiger partial charge in [0, 0.05) is 15.9 Å². The SMILES string of the molecule is Cc1c(Cl)cc(Br)cc1CCCC(=O)O. The van der Waals surface area contributed by atoms with Gasteiger partial charge in [0.25, 0.3) is 0 Å². The van der Waals surface area contributed by atoms with E-state index in [1.165, 1.54) is 0 Å². The fourth-order valence-electron chi connectivity index (χ4n) is 1.39. The highest BCUT2D eigenvalue weighted by Crippen LogP contribution is 2.25. The topological polar surface area (TPSA) is 37.3 Å². The summed E-state index contributed by atoms with van der Waals surface area (Å²) in [5.41, 5.74) is 2.14. The zero-order valence-electron chi connectivity index (χ0n) is 8.39. The first-order chi connectivity index (χ1) is 7.00. The van der Waals surface area contributed by atoms with E-state index in [9.17, 15) is 4.79 Å². The lowest BCUT2D eigenvalue weighted by Gasteiger charge is -2.07. The minimum atomic E-state index is -0.756. The second-order valence-corrected chi connectivity index (χ2v) is 4.74. The van der Waals surface area contributed by atoms with Gasteiger partial charge in [-0.15, -0.1) is 0 Å². The monoisotopic (exact) mass is 290 g/mol. The van der Waals surface area contributed by atoms with Crippen molar-refractivity contribution in [1.29, 1.82) is 0 Å². The number of aliphatic carboxylic acids is 1. The van der Waals surface area contributed by atoms with E-state index in [0.717, 1.165) is 27.0 Å². The summed E-state index contributed by atoms with van der Waals surface area (Å²) in [6.45, 7) is 1.95. The average Bonchev–Trinajstić information content (AvgIpc) is 2.12. The molecule has 0 aliphatic heterocycles. The normalized spacial score (nSPS) is 10.3. The van der Waals surface area contributed by atoms with Crippen molar-refractivity contribution in [1.82, 2.24) is 0 Å². The Kier molecular flexibility index (Phi) is 4.61. The van der Waals surface area contributed by atoms with E-state index in [0.29, 0.717) is 6.42 Å². The first-order valence-corrected chi connectivity index (χ1v) is 5.84. The largest absolute Gasteiger partial charge is 0.481 e. The zero-order valence-corrected chi connectivity index (χ0v) is 10.7. The molecule has 1 N–H and O–H groups in total. The van der Waals surface area contributed by atoms with Gasteiger partial charge in [-0.05, 0) is 43.0 Å². The van der Waals surface area contributed by atoms with Crippen LogP contribution in [0.3, 0.4) is 0 Å². The number of carboxylic acids is 1. The predicted octanol–water partition coefficient (Wildman–Crippen LogP) is 3.82. The van der Waals surface area contributed by atoms with Crippen LogP contribution < -0.4 is 0 Å². The molecule has 1 rings (SSSR count). The lowest BCUT2D eigenvalue weighted by molar-refractivity contribution is -0.137. The number of aryl methyl sites for hydroxylation is 1. The molecule has 0 unspecified atom stereocenters. The molecule has 1 aromatic rings. The lowest BCUT2D eigenvalue weighted by atomic mass is 10.0. The summed E-state index contributed by atoms with van der Waals surface area (Å²) in [4.78, 5) is 10.4. The number of hydrogen-bond donors (Lipinski definition) is 1. The highest BCUT2D eigenvalue weighted by molar-refractivity contribution is 9.10. The molecule has 0 spiro atoms. The van der Waals surface area contributed by atoms with Crippen LogP contribution in [0.5, 0.6) is 0 Å². The van der Waals surface area contributed by atoms with Crippen LogP contribution in [0.25, 0.3) is 0 Å². The van der Waals surface area contributed by atoms with Gasteiger partial charge in [0.05, 0.1) is 0 Å². The minimum absolute atomic E-state index is 0.198. The molecule has 1 aromatic carbocycles. The van der Waals surface area contributed by atoms with E-state index in [-0.39, 0.29) is 6.42 Å². The Labute approximate surface area is 102 Å². The molecule has 0 radical (unpaired) electrons. The molecular formula is C11H12BrClO2. The van der Waals surface area contributed by atoms with Crippen LogP contribution in [-0.4, -0.2) is 11.1 Å². The van der Waals surface area contributed by atoms with Crippen LogP contribution in [0.4, 0.5) is 0 Å². The van der Waals surface area contributed by atoms with Crippen molar-refractivity contribution < 1.29 is 9.90 Å². The Bertz CT molecular complexity index is 377. The van der Waals surface area contributed by atoms with Crippen LogP contribution in [0.15, 0.2) is 16.6 Å². The summed E-state index contributed by atoms with van der Waals surface area (Å²) < 4.78 is 0.934. The van der Waals surface area contributed by atoms with Gasteiger partial charge in [-0.3, -0.25) is 4.79 Å². The molecule has 0 heterocycles. The summed E-state index contributed by atoms with van der Waals surface area (Å²) in [5, 5.41) is 9.25.